The van der Waals surface area contributed by atoms with Crippen LogP contribution in [0.4, 0.5) is 0 Å². The van der Waals surface area contributed by atoms with E-state index in [0.29, 0.717) is 38.3 Å². The highest BCUT2D eigenvalue weighted by molar-refractivity contribution is 5.78. The number of amides is 2. The topological polar surface area (TPSA) is 95.9 Å². The van der Waals surface area contributed by atoms with Crippen molar-refractivity contribution in [3.63, 3.8) is 0 Å². The molecule has 0 aromatic carbocycles. The summed E-state index contributed by atoms with van der Waals surface area (Å²) >= 11 is 0. The number of rotatable bonds is 13. The van der Waals surface area contributed by atoms with Crippen LogP contribution in [0.15, 0.2) is 0 Å². The van der Waals surface area contributed by atoms with Crippen LogP contribution in [0, 0.1) is 11.8 Å². The fraction of sp³-hybridized carbons (Fsp3) is 0.842. The lowest BCUT2D eigenvalue weighted by molar-refractivity contribution is -0.132. The van der Waals surface area contributed by atoms with Crippen LogP contribution in [0.5, 0.6) is 0 Å². The van der Waals surface area contributed by atoms with Crippen molar-refractivity contribution in [2.45, 2.75) is 59.5 Å². The van der Waals surface area contributed by atoms with Crippen LogP contribution >= 0.6 is 0 Å². The van der Waals surface area contributed by atoms with Gasteiger partial charge in [-0.25, -0.2) is 0 Å². The van der Waals surface area contributed by atoms with Crippen LogP contribution in [0.1, 0.15) is 53.9 Å². The Morgan fingerprint density at radius 3 is 2.35 bits per heavy atom. The summed E-state index contributed by atoms with van der Waals surface area (Å²) in [5, 5.41) is 11.1. The Kier molecular flexibility index (Phi) is 16.2. The minimum absolute atomic E-state index is 0.0604. The van der Waals surface area contributed by atoms with E-state index in [1.165, 1.54) is 0 Å². The first kappa shape index (κ1) is 26.8. The molecule has 2 amide bonds. The zero-order chi connectivity index (χ0) is 20.6. The first-order valence-electron chi connectivity index (χ1n) is 9.20. The summed E-state index contributed by atoms with van der Waals surface area (Å²) in [6.45, 7) is 11.7. The van der Waals surface area contributed by atoms with Crippen molar-refractivity contribution >= 4 is 18.6 Å². The molecule has 7 heteroatoms. The molecule has 1 atom stereocenters. The van der Waals surface area contributed by atoms with Crippen molar-refractivity contribution in [1.29, 1.82) is 0 Å². The van der Waals surface area contributed by atoms with Crippen LogP contribution in [0.3, 0.4) is 0 Å². The fourth-order valence-corrected chi connectivity index (χ4v) is 1.84. The summed E-state index contributed by atoms with van der Waals surface area (Å²) in [6, 6.07) is 0. The van der Waals surface area contributed by atoms with Gasteiger partial charge in [0.15, 0.2) is 0 Å². The number of nitrogens with zero attached hydrogens (tertiary/aromatic N) is 1. The molecule has 26 heavy (non-hydrogen) atoms. The number of nitrogens with one attached hydrogen (secondary N) is 1. The van der Waals surface area contributed by atoms with Gasteiger partial charge in [0.1, 0.15) is 6.29 Å². The molecule has 2 N–H and O–H groups in total. The van der Waals surface area contributed by atoms with Gasteiger partial charge in [-0.05, 0) is 32.6 Å². The minimum Gasteiger partial charge on any atom is -0.396 e. The molecule has 0 spiro atoms. The largest absolute Gasteiger partial charge is 0.396 e. The number of aliphatic hydroxyl groups excluding tert-OH is 1. The van der Waals surface area contributed by atoms with Crippen molar-refractivity contribution in [2.24, 2.45) is 11.8 Å². The summed E-state index contributed by atoms with van der Waals surface area (Å²) in [7, 11) is 1.79. The second-order valence-corrected chi connectivity index (χ2v) is 7.47. The third kappa shape index (κ3) is 17.4. The number of carbonyl (C=O) groups excluding carboxylic acids is 3. The number of hydrogen-bond acceptors (Lipinski definition) is 5. The van der Waals surface area contributed by atoms with Crippen LogP contribution in [-0.2, 0) is 19.1 Å². The molecule has 0 bridgehead atoms. The molecule has 0 saturated carbocycles. The predicted molar refractivity (Wildman–Crippen MR) is 103 cm³/mol. The van der Waals surface area contributed by atoms with Crippen molar-refractivity contribution in [2.75, 3.05) is 33.4 Å². The number of hydrogen-bond donors (Lipinski definition) is 2. The van der Waals surface area contributed by atoms with Crippen LogP contribution in [0.2, 0.25) is 0 Å². The maximum atomic E-state index is 11.5. The molecule has 0 aliphatic rings. The summed E-state index contributed by atoms with van der Waals surface area (Å²) in [5.74, 6) is 0.503. The Morgan fingerprint density at radius 2 is 1.88 bits per heavy atom. The van der Waals surface area contributed by atoms with E-state index < -0.39 is 0 Å². The maximum Gasteiger partial charge on any atom is 0.223 e. The van der Waals surface area contributed by atoms with Gasteiger partial charge in [0.2, 0.25) is 12.3 Å². The van der Waals surface area contributed by atoms with Crippen LogP contribution < -0.4 is 5.32 Å². The Morgan fingerprint density at radius 1 is 1.27 bits per heavy atom. The molecule has 154 valence electrons. The summed E-state index contributed by atoms with van der Waals surface area (Å²) in [5.41, 5.74) is -0.306. The number of aldehydes is 1. The summed E-state index contributed by atoms with van der Waals surface area (Å²) < 4.78 is 5.39. The van der Waals surface area contributed by atoms with E-state index in [2.05, 4.69) is 19.2 Å². The molecule has 7 nitrogen and oxygen atoms in total. The van der Waals surface area contributed by atoms with E-state index in [1.807, 2.05) is 13.8 Å². The van der Waals surface area contributed by atoms with Gasteiger partial charge in [-0.1, -0.05) is 20.8 Å². The molecule has 0 radical (unpaired) electrons. The highest BCUT2D eigenvalue weighted by atomic mass is 16.5. The first-order chi connectivity index (χ1) is 12.1. The molecule has 0 aromatic rings. The lowest BCUT2D eigenvalue weighted by atomic mass is 10.1. The zero-order valence-corrected chi connectivity index (χ0v) is 17.3. The first-order valence-corrected chi connectivity index (χ1v) is 9.20. The van der Waals surface area contributed by atoms with Gasteiger partial charge in [-0.3, -0.25) is 9.59 Å². The molecule has 0 rings (SSSR count). The molecular weight excluding hydrogens is 336 g/mol. The number of ether oxygens (including phenoxy) is 1. The monoisotopic (exact) mass is 374 g/mol. The van der Waals surface area contributed by atoms with Gasteiger partial charge in [0.05, 0.1) is 12.2 Å². The van der Waals surface area contributed by atoms with Crippen molar-refractivity contribution < 1.29 is 24.2 Å². The summed E-state index contributed by atoms with van der Waals surface area (Å²) in [4.78, 5) is 33.4. The Hall–Kier alpha value is -1.47. The fourth-order valence-electron chi connectivity index (χ4n) is 1.84. The average molecular weight is 375 g/mol. The molecule has 0 aliphatic carbocycles. The second kappa shape index (κ2) is 15.8. The third-order valence-corrected chi connectivity index (χ3v) is 3.73. The Bertz CT molecular complexity index is 386. The Labute approximate surface area is 158 Å². The number of aliphatic hydroxyl groups is 1. The summed E-state index contributed by atoms with van der Waals surface area (Å²) in [6.07, 6.45) is 3.42. The molecule has 0 fully saturated rings. The molecule has 0 aromatic heterocycles. The molecular formula is C19H38N2O5. The molecule has 1 unspecified atom stereocenters. The lowest BCUT2D eigenvalue weighted by Gasteiger charge is -2.24. The smallest absolute Gasteiger partial charge is 0.223 e. The molecule has 0 aliphatic heterocycles. The van der Waals surface area contributed by atoms with Gasteiger partial charge < -0.3 is 24.9 Å². The minimum atomic E-state index is -0.306. The quantitative estimate of drug-likeness (QED) is 0.377. The van der Waals surface area contributed by atoms with Gasteiger partial charge in [-0.2, -0.15) is 0 Å². The normalized spacial score (nSPS) is 12.0. The average Bonchev–Trinajstić information content (AvgIpc) is 2.56. The van der Waals surface area contributed by atoms with E-state index >= 15 is 0 Å². The second-order valence-electron chi connectivity index (χ2n) is 7.47. The lowest BCUT2D eigenvalue weighted by Crippen LogP contribution is -2.29. The van der Waals surface area contributed by atoms with Crippen molar-refractivity contribution in [1.82, 2.24) is 10.2 Å². The van der Waals surface area contributed by atoms with Gasteiger partial charge in [0.25, 0.3) is 0 Å². The van der Waals surface area contributed by atoms with E-state index in [9.17, 15) is 14.4 Å². The van der Waals surface area contributed by atoms with E-state index in [-0.39, 0.29) is 24.0 Å². The van der Waals surface area contributed by atoms with Gasteiger partial charge in [0, 0.05) is 39.1 Å². The molecule has 0 heterocycles. The van der Waals surface area contributed by atoms with Gasteiger partial charge in [-0.15, -0.1) is 0 Å². The van der Waals surface area contributed by atoms with Crippen LogP contribution in [0.25, 0.3) is 0 Å². The SMILES string of the molecule is CC(C)(CCO)OCCNC=O.CC(C)CCN(C)C(=O)CC(C)C=O. The predicted octanol–water partition coefficient (Wildman–Crippen LogP) is 1.63. The van der Waals surface area contributed by atoms with E-state index in [4.69, 9.17) is 9.84 Å². The van der Waals surface area contributed by atoms with Gasteiger partial charge >= 0.3 is 0 Å². The standard InChI is InChI=1S/C11H21NO2.C8H17NO3/c1-9(2)5-6-12(4)11(14)7-10(3)8-13;1-8(2,3-5-10)12-6-4-9-7-11/h8-10H,5-7H2,1-4H3;7,10H,3-6H2,1-2H3,(H,9,11). The van der Waals surface area contributed by atoms with Crippen molar-refractivity contribution in [3.05, 3.63) is 0 Å². The third-order valence-electron chi connectivity index (χ3n) is 3.73. The highest BCUT2D eigenvalue weighted by Crippen LogP contribution is 2.12. The van der Waals surface area contributed by atoms with Crippen LogP contribution in [-0.4, -0.2) is 67.6 Å². The van der Waals surface area contributed by atoms with E-state index in [0.717, 1.165) is 19.3 Å². The van der Waals surface area contributed by atoms with Crippen molar-refractivity contribution in [3.8, 4) is 0 Å². The highest BCUT2D eigenvalue weighted by Gasteiger charge is 2.16. The Balaban J connectivity index is 0. The maximum absolute atomic E-state index is 11.5. The van der Waals surface area contributed by atoms with E-state index in [1.54, 1.807) is 18.9 Å². The zero-order valence-electron chi connectivity index (χ0n) is 17.3. The number of carbonyl (C=O) groups is 3. The molecule has 0 saturated heterocycles.